The number of carbonyl (C=O) groups is 6. The molecule has 0 aliphatic carbocycles. The zero-order chi connectivity index (χ0) is 21.3. The van der Waals surface area contributed by atoms with Gasteiger partial charge in [0.2, 0.25) is 17.7 Å². The van der Waals surface area contributed by atoms with Crippen molar-refractivity contribution in [2.75, 3.05) is 0 Å². The Balaban J connectivity index is 4.94. The summed E-state index contributed by atoms with van der Waals surface area (Å²) in [5, 5.41) is 32.4. The Hall–Kier alpha value is -3.22. The molecule has 0 aromatic rings. The average molecular weight is 390 g/mol. The molecule has 8 N–H and O–H groups in total. The fourth-order valence-electron chi connectivity index (χ4n) is 1.72. The topological polar surface area (TPSA) is 225 Å². The highest BCUT2D eigenvalue weighted by Gasteiger charge is 2.29. The van der Waals surface area contributed by atoms with Crippen LogP contribution in [0.25, 0.3) is 0 Å². The van der Waals surface area contributed by atoms with Crippen LogP contribution in [0.15, 0.2) is 0 Å². The summed E-state index contributed by atoms with van der Waals surface area (Å²) in [7, 11) is 0. The summed E-state index contributed by atoms with van der Waals surface area (Å²) in [6.45, 7) is 2.35. The van der Waals surface area contributed by atoms with Gasteiger partial charge in [0.15, 0.2) is 0 Å². The van der Waals surface area contributed by atoms with Crippen LogP contribution >= 0.6 is 0 Å². The molecule has 152 valence electrons. The first-order valence-corrected chi connectivity index (χ1v) is 7.68. The molecule has 0 saturated carbocycles. The summed E-state index contributed by atoms with van der Waals surface area (Å²) in [4.78, 5) is 67.9. The lowest BCUT2D eigenvalue weighted by molar-refractivity contribution is -0.143. The summed E-state index contributed by atoms with van der Waals surface area (Å²) in [6.07, 6.45) is -1.50. The lowest BCUT2D eigenvalue weighted by Gasteiger charge is -2.21. The Morgan fingerprint density at radius 2 is 1.22 bits per heavy atom. The summed E-state index contributed by atoms with van der Waals surface area (Å²) in [5.74, 6) is -7.04. The molecule has 0 radical (unpaired) electrons. The SMILES string of the molecule is CC(NC(=O)C(CC(=O)O)NC(=O)C(C)NC(=O)C(N)CC(=O)O)C(=O)O. The molecule has 4 atom stereocenters. The molecule has 13 nitrogen and oxygen atoms in total. The molecule has 0 rings (SSSR count). The van der Waals surface area contributed by atoms with Crippen molar-refractivity contribution in [2.24, 2.45) is 5.73 Å². The third-order valence-corrected chi connectivity index (χ3v) is 3.22. The third-order valence-electron chi connectivity index (χ3n) is 3.22. The molecular formula is C14H22N4O9. The first-order chi connectivity index (χ1) is 12.3. The molecule has 0 aliphatic heterocycles. The molecule has 0 aromatic heterocycles. The second kappa shape index (κ2) is 10.7. The van der Waals surface area contributed by atoms with Crippen LogP contribution in [0.1, 0.15) is 26.7 Å². The van der Waals surface area contributed by atoms with Crippen LogP contribution in [0.3, 0.4) is 0 Å². The molecule has 13 heteroatoms. The van der Waals surface area contributed by atoms with E-state index in [1.165, 1.54) is 6.92 Å². The molecule has 0 bridgehead atoms. The fraction of sp³-hybridized carbons (Fsp3) is 0.571. The number of nitrogens with two attached hydrogens (primary N) is 1. The van der Waals surface area contributed by atoms with E-state index in [2.05, 4.69) is 10.6 Å². The van der Waals surface area contributed by atoms with E-state index in [1.54, 1.807) is 0 Å². The minimum absolute atomic E-state index is 0.669. The van der Waals surface area contributed by atoms with Gasteiger partial charge in [0.05, 0.1) is 18.9 Å². The van der Waals surface area contributed by atoms with E-state index in [1.807, 2.05) is 5.32 Å². The number of hydrogen-bond donors (Lipinski definition) is 7. The maximum atomic E-state index is 12.1. The summed E-state index contributed by atoms with van der Waals surface area (Å²) < 4.78 is 0. The number of nitrogens with one attached hydrogen (secondary N) is 3. The fourth-order valence-corrected chi connectivity index (χ4v) is 1.72. The van der Waals surface area contributed by atoms with Gasteiger partial charge in [-0.1, -0.05) is 0 Å². The molecular weight excluding hydrogens is 368 g/mol. The number of carbonyl (C=O) groups excluding carboxylic acids is 3. The first-order valence-electron chi connectivity index (χ1n) is 7.68. The van der Waals surface area contributed by atoms with E-state index in [0.717, 1.165) is 6.92 Å². The summed E-state index contributed by atoms with van der Waals surface area (Å²) >= 11 is 0. The normalized spacial score (nSPS) is 14.8. The largest absolute Gasteiger partial charge is 0.481 e. The van der Waals surface area contributed by atoms with Gasteiger partial charge in [0, 0.05) is 0 Å². The Bertz CT molecular complexity index is 622. The quantitative estimate of drug-likeness (QED) is 0.187. The lowest BCUT2D eigenvalue weighted by Crippen LogP contribution is -2.56. The van der Waals surface area contributed by atoms with E-state index in [4.69, 9.17) is 21.1 Å². The second-order valence-electron chi connectivity index (χ2n) is 5.66. The van der Waals surface area contributed by atoms with Crippen molar-refractivity contribution in [3.05, 3.63) is 0 Å². The first kappa shape index (κ1) is 23.8. The molecule has 0 saturated heterocycles. The van der Waals surface area contributed by atoms with Gasteiger partial charge >= 0.3 is 17.9 Å². The van der Waals surface area contributed by atoms with Gasteiger partial charge in [0.25, 0.3) is 0 Å². The van der Waals surface area contributed by atoms with Crippen molar-refractivity contribution in [3.63, 3.8) is 0 Å². The number of rotatable bonds is 11. The maximum absolute atomic E-state index is 12.1. The number of hydrogen-bond acceptors (Lipinski definition) is 7. The molecule has 0 aliphatic rings. The van der Waals surface area contributed by atoms with Crippen LogP contribution in [0.5, 0.6) is 0 Å². The van der Waals surface area contributed by atoms with Crippen molar-refractivity contribution in [1.29, 1.82) is 0 Å². The van der Waals surface area contributed by atoms with Crippen molar-refractivity contribution >= 4 is 35.6 Å². The number of carboxylic acid groups (broad SMARTS) is 3. The van der Waals surface area contributed by atoms with E-state index < -0.39 is 72.6 Å². The van der Waals surface area contributed by atoms with E-state index in [0.29, 0.717) is 0 Å². The molecule has 4 unspecified atom stereocenters. The van der Waals surface area contributed by atoms with E-state index in [-0.39, 0.29) is 0 Å². The monoisotopic (exact) mass is 390 g/mol. The van der Waals surface area contributed by atoms with E-state index >= 15 is 0 Å². The highest BCUT2D eigenvalue weighted by molar-refractivity contribution is 5.95. The summed E-state index contributed by atoms with van der Waals surface area (Å²) in [6, 6.07) is -5.59. The van der Waals surface area contributed by atoms with Gasteiger partial charge in [-0.3, -0.25) is 28.8 Å². The van der Waals surface area contributed by atoms with Gasteiger partial charge in [-0.05, 0) is 13.8 Å². The lowest BCUT2D eigenvalue weighted by atomic mass is 10.1. The number of amides is 3. The van der Waals surface area contributed by atoms with Crippen molar-refractivity contribution < 1.29 is 44.1 Å². The minimum atomic E-state index is -1.59. The zero-order valence-electron chi connectivity index (χ0n) is 14.6. The number of carboxylic acids is 3. The van der Waals surface area contributed by atoms with Crippen LogP contribution in [-0.2, 0) is 28.8 Å². The zero-order valence-corrected chi connectivity index (χ0v) is 14.6. The van der Waals surface area contributed by atoms with Crippen LogP contribution in [-0.4, -0.2) is 75.1 Å². The van der Waals surface area contributed by atoms with Gasteiger partial charge in [-0.25, -0.2) is 0 Å². The second-order valence-corrected chi connectivity index (χ2v) is 5.66. The van der Waals surface area contributed by atoms with Gasteiger partial charge in [-0.15, -0.1) is 0 Å². The average Bonchev–Trinajstić information content (AvgIpc) is 2.52. The van der Waals surface area contributed by atoms with Crippen molar-refractivity contribution in [3.8, 4) is 0 Å². The minimum Gasteiger partial charge on any atom is -0.481 e. The Morgan fingerprint density at radius 3 is 1.67 bits per heavy atom. The predicted molar refractivity (Wildman–Crippen MR) is 87.3 cm³/mol. The molecule has 0 fully saturated rings. The molecule has 0 heterocycles. The van der Waals surface area contributed by atoms with Crippen LogP contribution in [0.2, 0.25) is 0 Å². The molecule has 0 spiro atoms. The van der Waals surface area contributed by atoms with Crippen LogP contribution in [0.4, 0.5) is 0 Å². The highest BCUT2D eigenvalue weighted by atomic mass is 16.4. The third kappa shape index (κ3) is 9.15. The Kier molecular flexibility index (Phi) is 9.42. The maximum Gasteiger partial charge on any atom is 0.325 e. The standard InChI is InChI=1S/C14H22N4O9/c1-5(16-12(24)7(15)3-9(19)20)11(23)18-8(4-10(21)22)13(25)17-6(2)14(26)27/h5-8H,3-4,15H2,1-2H3,(H,16,24)(H,17,25)(H,18,23)(H,19,20)(H,21,22)(H,26,27). The molecule has 27 heavy (non-hydrogen) atoms. The van der Waals surface area contributed by atoms with Gasteiger partial charge in [0.1, 0.15) is 18.1 Å². The van der Waals surface area contributed by atoms with Crippen LogP contribution < -0.4 is 21.7 Å². The van der Waals surface area contributed by atoms with Gasteiger partial charge < -0.3 is 37.0 Å². The molecule has 0 aromatic carbocycles. The number of aliphatic carboxylic acids is 3. The highest BCUT2D eigenvalue weighted by Crippen LogP contribution is 1.98. The molecule has 3 amide bonds. The van der Waals surface area contributed by atoms with Gasteiger partial charge in [-0.2, -0.15) is 0 Å². The predicted octanol–water partition coefficient (Wildman–Crippen LogP) is -3.16. The Morgan fingerprint density at radius 1 is 0.741 bits per heavy atom. The Labute approximate surface area is 153 Å². The smallest absolute Gasteiger partial charge is 0.325 e. The van der Waals surface area contributed by atoms with Crippen LogP contribution in [0, 0.1) is 0 Å². The van der Waals surface area contributed by atoms with Crippen molar-refractivity contribution in [2.45, 2.75) is 50.9 Å². The summed E-state index contributed by atoms with van der Waals surface area (Å²) in [5.41, 5.74) is 5.34. The van der Waals surface area contributed by atoms with Crippen molar-refractivity contribution in [1.82, 2.24) is 16.0 Å². The van der Waals surface area contributed by atoms with E-state index in [9.17, 15) is 28.8 Å².